The van der Waals surface area contributed by atoms with E-state index in [2.05, 4.69) is 41.3 Å². The van der Waals surface area contributed by atoms with Gasteiger partial charge in [0, 0.05) is 29.2 Å². The third kappa shape index (κ3) is 2.46. The quantitative estimate of drug-likeness (QED) is 0.875. The van der Waals surface area contributed by atoms with Gasteiger partial charge in [0.2, 0.25) is 5.95 Å². The van der Waals surface area contributed by atoms with Crippen LogP contribution in [0.15, 0.2) is 28.7 Å². The topological polar surface area (TPSA) is 56.8 Å². The molecule has 1 aromatic carbocycles. The Morgan fingerprint density at radius 1 is 1.24 bits per heavy atom. The molecular formula is C15H18BrN5. The molecule has 2 aromatic rings. The average molecular weight is 348 g/mol. The number of hydrogen-bond acceptors (Lipinski definition) is 4. The van der Waals surface area contributed by atoms with Crippen molar-refractivity contribution < 1.29 is 0 Å². The van der Waals surface area contributed by atoms with Gasteiger partial charge in [0.05, 0.1) is 0 Å². The fourth-order valence-electron chi connectivity index (χ4n) is 3.38. The molecule has 1 aromatic heterocycles. The summed E-state index contributed by atoms with van der Waals surface area (Å²) in [5, 5.41) is 11.1. The van der Waals surface area contributed by atoms with Gasteiger partial charge in [-0.05, 0) is 31.4 Å². The zero-order valence-electron chi connectivity index (χ0n) is 11.7. The van der Waals surface area contributed by atoms with Gasteiger partial charge < -0.3 is 10.2 Å². The van der Waals surface area contributed by atoms with E-state index in [1.165, 1.54) is 12.8 Å². The fraction of sp³-hybridized carbons (Fsp3) is 0.467. The van der Waals surface area contributed by atoms with E-state index >= 15 is 0 Å². The monoisotopic (exact) mass is 347 g/mol. The molecule has 5 nitrogen and oxygen atoms in total. The molecule has 2 atom stereocenters. The van der Waals surface area contributed by atoms with Crippen molar-refractivity contribution in [2.75, 3.05) is 24.5 Å². The van der Waals surface area contributed by atoms with Crippen LogP contribution < -0.4 is 10.2 Å². The zero-order valence-corrected chi connectivity index (χ0v) is 13.3. The lowest BCUT2D eigenvalue weighted by Gasteiger charge is -2.24. The number of anilines is 1. The molecule has 4 rings (SSSR count). The van der Waals surface area contributed by atoms with Crippen molar-refractivity contribution in [3.8, 4) is 11.4 Å². The second-order valence-electron chi connectivity index (χ2n) is 5.83. The Hall–Kier alpha value is -1.40. The molecule has 2 aliphatic heterocycles. The van der Waals surface area contributed by atoms with Crippen LogP contribution in [0.25, 0.3) is 11.4 Å². The van der Waals surface area contributed by atoms with Gasteiger partial charge in [-0.3, -0.25) is 5.10 Å². The SMILES string of the molecule is Brc1ccccc1-c1nc(N2CC3CCCNC3C2)n[nH]1. The summed E-state index contributed by atoms with van der Waals surface area (Å²) in [6, 6.07) is 8.67. The number of benzene rings is 1. The van der Waals surface area contributed by atoms with Crippen LogP contribution in [-0.4, -0.2) is 40.9 Å². The number of aromatic amines is 1. The van der Waals surface area contributed by atoms with Crippen LogP contribution >= 0.6 is 15.9 Å². The lowest BCUT2D eigenvalue weighted by Crippen LogP contribution is -2.40. The molecule has 0 spiro atoms. The minimum absolute atomic E-state index is 0.601. The molecule has 2 fully saturated rings. The highest BCUT2D eigenvalue weighted by Gasteiger charge is 2.35. The van der Waals surface area contributed by atoms with Crippen LogP contribution in [0.2, 0.25) is 0 Å². The first-order valence-electron chi connectivity index (χ1n) is 7.47. The van der Waals surface area contributed by atoms with Gasteiger partial charge in [-0.2, -0.15) is 4.98 Å². The van der Waals surface area contributed by atoms with Crippen molar-refractivity contribution >= 4 is 21.9 Å². The molecule has 0 saturated carbocycles. The van der Waals surface area contributed by atoms with Crippen molar-refractivity contribution in [1.29, 1.82) is 0 Å². The van der Waals surface area contributed by atoms with Crippen LogP contribution in [0.1, 0.15) is 12.8 Å². The second-order valence-corrected chi connectivity index (χ2v) is 6.69. The first-order chi connectivity index (χ1) is 10.3. The summed E-state index contributed by atoms with van der Waals surface area (Å²) >= 11 is 3.56. The minimum atomic E-state index is 0.601. The number of H-pyrrole nitrogens is 1. The summed E-state index contributed by atoms with van der Waals surface area (Å²) in [5.41, 5.74) is 1.05. The smallest absolute Gasteiger partial charge is 0.245 e. The normalized spacial score (nSPS) is 25.1. The van der Waals surface area contributed by atoms with E-state index in [1.54, 1.807) is 0 Å². The van der Waals surface area contributed by atoms with E-state index in [4.69, 9.17) is 0 Å². The van der Waals surface area contributed by atoms with Gasteiger partial charge in [-0.15, -0.1) is 5.10 Å². The summed E-state index contributed by atoms with van der Waals surface area (Å²) in [4.78, 5) is 6.98. The maximum Gasteiger partial charge on any atom is 0.245 e. The van der Waals surface area contributed by atoms with Crippen molar-refractivity contribution in [2.45, 2.75) is 18.9 Å². The Balaban J connectivity index is 1.56. The van der Waals surface area contributed by atoms with Gasteiger partial charge in [0.25, 0.3) is 0 Å². The Morgan fingerprint density at radius 3 is 3.00 bits per heavy atom. The molecule has 0 aliphatic carbocycles. The van der Waals surface area contributed by atoms with Crippen molar-refractivity contribution in [1.82, 2.24) is 20.5 Å². The highest BCUT2D eigenvalue weighted by atomic mass is 79.9. The van der Waals surface area contributed by atoms with Gasteiger partial charge in [0.15, 0.2) is 5.82 Å². The molecule has 2 unspecified atom stereocenters. The van der Waals surface area contributed by atoms with E-state index in [-0.39, 0.29) is 0 Å². The summed E-state index contributed by atoms with van der Waals surface area (Å²) < 4.78 is 1.03. The number of nitrogens with zero attached hydrogens (tertiary/aromatic N) is 3. The highest BCUT2D eigenvalue weighted by Crippen LogP contribution is 2.30. The molecule has 2 N–H and O–H groups in total. The summed E-state index contributed by atoms with van der Waals surface area (Å²) in [6.45, 7) is 3.22. The van der Waals surface area contributed by atoms with E-state index in [0.717, 1.165) is 47.4 Å². The zero-order chi connectivity index (χ0) is 14.2. The third-order valence-corrected chi connectivity index (χ3v) is 5.18. The molecule has 21 heavy (non-hydrogen) atoms. The summed E-state index contributed by atoms with van der Waals surface area (Å²) in [5.74, 6) is 2.38. The number of fused-ring (bicyclic) bond motifs is 1. The van der Waals surface area contributed by atoms with Crippen LogP contribution in [-0.2, 0) is 0 Å². The number of nitrogens with one attached hydrogen (secondary N) is 2. The van der Waals surface area contributed by atoms with Crippen LogP contribution in [0, 0.1) is 5.92 Å². The number of hydrogen-bond donors (Lipinski definition) is 2. The summed E-state index contributed by atoms with van der Waals surface area (Å²) in [7, 11) is 0. The Bertz CT molecular complexity index is 626. The molecule has 0 radical (unpaired) electrons. The largest absolute Gasteiger partial charge is 0.338 e. The molecule has 3 heterocycles. The Kier molecular flexibility index (Phi) is 3.43. The predicted octanol–water partition coefficient (Wildman–Crippen LogP) is 2.42. The van der Waals surface area contributed by atoms with E-state index < -0.39 is 0 Å². The molecular weight excluding hydrogens is 330 g/mol. The average Bonchev–Trinajstić information content (AvgIpc) is 3.14. The lowest BCUT2D eigenvalue weighted by atomic mass is 9.94. The van der Waals surface area contributed by atoms with E-state index in [9.17, 15) is 0 Å². The van der Waals surface area contributed by atoms with Crippen molar-refractivity contribution in [2.24, 2.45) is 5.92 Å². The van der Waals surface area contributed by atoms with Crippen molar-refractivity contribution in [3.63, 3.8) is 0 Å². The molecule has 6 heteroatoms. The van der Waals surface area contributed by atoms with Crippen LogP contribution in [0.3, 0.4) is 0 Å². The van der Waals surface area contributed by atoms with Gasteiger partial charge in [0.1, 0.15) is 0 Å². The molecule has 2 aliphatic rings. The van der Waals surface area contributed by atoms with Crippen molar-refractivity contribution in [3.05, 3.63) is 28.7 Å². The Labute approximate surface area is 132 Å². The molecule has 0 bridgehead atoms. The molecule has 2 saturated heterocycles. The van der Waals surface area contributed by atoms with Crippen LogP contribution in [0.4, 0.5) is 5.95 Å². The minimum Gasteiger partial charge on any atom is -0.338 e. The predicted molar refractivity (Wildman–Crippen MR) is 86.2 cm³/mol. The molecule has 110 valence electrons. The highest BCUT2D eigenvalue weighted by molar-refractivity contribution is 9.10. The standard InChI is InChI=1S/C15H18BrN5/c16-12-6-2-1-5-11(12)14-18-15(20-19-14)21-8-10-4-3-7-17-13(10)9-21/h1-2,5-6,10,13,17H,3-4,7-9H2,(H,18,19,20). The maximum atomic E-state index is 4.68. The van der Waals surface area contributed by atoms with Gasteiger partial charge in [-0.25, -0.2) is 0 Å². The summed E-state index contributed by atoms with van der Waals surface area (Å²) in [6.07, 6.45) is 2.60. The first kappa shape index (κ1) is 13.3. The first-order valence-corrected chi connectivity index (χ1v) is 8.26. The maximum absolute atomic E-state index is 4.68. The lowest BCUT2D eigenvalue weighted by molar-refractivity contribution is 0.340. The molecule has 0 amide bonds. The van der Waals surface area contributed by atoms with Gasteiger partial charge >= 0.3 is 0 Å². The number of piperidine rings is 1. The van der Waals surface area contributed by atoms with E-state index in [0.29, 0.717) is 6.04 Å². The Morgan fingerprint density at radius 2 is 2.14 bits per heavy atom. The van der Waals surface area contributed by atoms with Crippen LogP contribution in [0.5, 0.6) is 0 Å². The third-order valence-electron chi connectivity index (χ3n) is 4.48. The number of aromatic nitrogens is 3. The fourth-order valence-corrected chi connectivity index (χ4v) is 3.85. The second kappa shape index (κ2) is 5.42. The van der Waals surface area contributed by atoms with E-state index in [1.807, 2.05) is 24.3 Å². The number of rotatable bonds is 2. The number of halogens is 1. The van der Waals surface area contributed by atoms with Gasteiger partial charge in [-0.1, -0.05) is 34.1 Å².